The van der Waals surface area contributed by atoms with E-state index in [1.807, 2.05) is 0 Å². The van der Waals surface area contributed by atoms with E-state index in [1.165, 1.54) is 0 Å². The van der Waals surface area contributed by atoms with Crippen molar-refractivity contribution in [1.82, 2.24) is 0 Å². The van der Waals surface area contributed by atoms with Gasteiger partial charge >= 0.3 is 6.18 Å². The van der Waals surface area contributed by atoms with Crippen molar-refractivity contribution in [3.63, 3.8) is 0 Å². The molecule has 0 heterocycles. The van der Waals surface area contributed by atoms with Crippen molar-refractivity contribution in [1.29, 1.82) is 0 Å². The summed E-state index contributed by atoms with van der Waals surface area (Å²) >= 11 is 0. The van der Waals surface area contributed by atoms with Crippen LogP contribution in [0.5, 0.6) is 0 Å². The first kappa shape index (κ1) is 15.8. The number of rotatable bonds is 6. The zero-order valence-corrected chi connectivity index (χ0v) is 11.1. The number of hydrogen-bond acceptors (Lipinski definition) is 2. The van der Waals surface area contributed by atoms with E-state index < -0.39 is 12.8 Å². The van der Waals surface area contributed by atoms with Crippen molar-refractivity contribution < 1.29 is 22.6 Å². The minimum Gasteiger partial charge on any atom is -0.378 e. The molecule has 0 radical (unpaired) electrons. The van der Waals surface area contributed by atoms with Gasteiger partial charge in [0.2, 0.25) is 0 Å². The van der Waals surface area contributed by atoms with Crippen molar-refractivity contribution in [3.8, 4) is 0 Å². The minimum absolute atomic E-state index is 0.213. The number of hydrogen-bond donors (Lipinski definition) is 0. The van der Waals surface area contributed by atoms with Crippen LogP contribution in [0.25, 0.3) is 0 Å². The van der Waals surface area contributed by atoms with Crippen LogP contribution < -0.4 is 0 Å². The molecule has 3 atom stereocenters. The Labute approximate surface area is 107 Å². The maximum atomic E-state index is 11.9. The summed E-state index contributed by atoms with van der Waals surface area (Å²) in [4.78, 5) is 0. The third kappa shape index (κ3) is 6.05. The highest BCUT2D eigenvalue weighted by atomic mass is 19.4. The highest BCUT2D eigenvalue weighted by molar-refractivity contribution is 4.78. The van der Waals surface area contributed by atoms with Gasteiger partial charge in [-0.3, -0.25) is 0 Å². The molecule has 3 unspecified atom stereocenters. The van der Waals surface area contributed by atoms with Crippen LogP contribution >= 0.6 is 0 Å². The lowest BCUT2D eigenvalue weighted by Gasteiger charge is -2.34. The summed E-state index contributed by atoms with van der Waals surface area (Å²) < 4.78 is 46.3. The molecule has 0 amide bonds. The molecule has 0 aliphatic heterocycles. The van der Waals surface area contributed by atoms with Crippen LogP contribution in [0.15, 0.2) is 0 Å². The molecule has 0 spiro atoms. The Kier molecular flexibility index (Phi) is 6.43. The Morgan fingerprint density at radius 2 is 1.94 bits per heavy atom. The largest absolute Gasteiger partial charge is 0.411 e. The lowest BCUT2D eigenvalue weighted by molar-refractivity contribution is -0.178. The normalized spacial score (nSPS) is 29.5. The third-order valence-corrected chi connectivity index (χ3v) is 3.35. The Morgan fingerprint density at radius 1 is 1.22 bits per heavy atom. The standard InChI is InChI=1S/C13H23F3O2/c1-3-6-18-12-5-4-11(7-10(12)2)8-17-9-13(14,15)16/h10-12H,3-9H2,1-2H3. The van der Waals surface area contributed by atoms with Crippen molar-refractivity contribution >= 4 is 0 Å². The van der Waals surface area contributed by atoms with Gasteiger partial charge in [-0.15, -0.1) is 0 Å². The maximum absolute atomic E-state index is 11.9. The van der Waals surface area contributed by atoms with Gasteiger partial charge in [-0.25, -0.2) is 0 Å². The van der Waals surface area contributed by atoms with E-state index in [0.29, 0.717) is 5.92 Å². The molecule has 0 aromatic heterocycles. The molecule has 1 saturated carbocycles. The highest BCUT2D eigenvalue weighted by Crippen LogP contribution is 2.31. The molecule has 0 saturated heterocycles. The number of alkyl halides is 3. The second-order valence-corrected chi connectivity index (χ2v) is 5.20. The summed E-state index contributed by atoms with van der Waals surface area (Å²) in [6.45, 7) is 4.03. The fraction of sp³-hybridized carbons (Fsp3) is 1.00. The highest BCUT2D eigenvalue weighted by Gasteiger charge is 2.31. The minimum atomic E-state index is -4.22. The molecule has 2 nitrogen and oxygen atoms in total. The Morgan fingerprint density at radius 3 is 2.50 bits per heavy atom. The quantitative estimate of drug-likeness (QED) is 0.729. The van der Waals surface area contributed by atoms with E-state index >= 15 is 0 Å². The smallest absolute Gasteiger partial charge is 0.378 e. The van der Waals surface area contributed by atoms with Gasteiger partial charge in [0.15, 0.2) is 0 Å². The Hall–Kier alpha value is -0.290. The molecule has 1 aliphatic carbocycles. The molecule has 0 aromatic rings. The topological polar surface area (TPSA) is 18.5 Å². The van der Waals surface area contributed by atoms with Gasteiger partial charge in [0, 0.05) is 13.2 Å². The molecule has 0 N–H and O–H groups in total. The van der Waals surface area contributed by atoms with Crippen molar-refractivity contribution in [2.24, 2.45) is 11.8 Å². The molecular weight excluding hydrogens is 245 g/mol. The first-order valence-electron chi connectivity index (χ1n) is 6.68. The summed E-state index contributed by atoms with van der Waals surface area (Å²) in [5, 5.41) is 0. The molecule has 1 fully saturated rings. The molecule has 5 heteroatoms. The zero-order chi connectivity index (χ0) is 13.6. The summed E-state index contributed by atoms with van der Waals surface area (Å²) in [5.41, 5.74) is 0. The Bertz CT molecular complexity index is 231. The molecule has 18 heavy (non-hydrogen) atoms. The van der Waals surface area contributed by atoms with E-state index in [-0.39, 0.29) is 18.6 Å². The predicted molar refractivity (Wildman–Crippen MR) is 63.4 cm³/mol. The second kappa shape index (κ2) is 7.34. The van der Waals surface area contributed by atoms with Gasteiger partial charge in [0.05, 0.1) is 6.10 Å². The fourth-order valence-corrected chi connectivity index (χ4v) is 2.49. The van der Waals surface area contributed by atoms with Crippen molar-refractivity contribution in [2.75, 3.05) is 19.8 Å². The predicted octanol–water partition coefficient (Wildman–Crippen LogP) is 3.80. The van der Waals surface area contributed by atoms with Crippen LogP contribution in [-0.4, -0.2) is 32.1 Å². The SMILES string of the molecule is CCCOC1CCC(COCC(F)(F)F)CC1C. The molecule has 108 valence electrons. The van der Waals surface area contributed by atoms with Crippen molar-refractivity contribution in [3.05, 3.63) is 0 Å². The Balaban J connectivity index is 2.20. The number of ether oxygens (including phenoxy) is 2. The first-order valence-corrected chi connectivity index (χ1v) is 6.68. The van der Waals surface area contributed by atoms with Crippen LogP contribution in [0.2, 0.25) is 0 Å². The van der Waals surface area contributed by atoms with Gasteiger partial charge in [0.25, 0.3) is 0 Å². The summed E-state index contributed by atoms with van der Waals surface area (Å²) in [7, 11) is 0. The molecule has 0 aromatic carbocycles. The van der Waals surface area contributed by atoms with Gasteiger partial charge in [0.1, 0.15) is 6.61 Å². The van der Waals surface area contributed by atoms with Gasteiger partial charge in [-0.05, 0) is 37.5 Å². The van der Waals surface area contributed by atoms with E-state index in [4.69, 9.17) is 9.47 Å². The van der Waals surface area contributed by atoms with E-state index in [9.17, 15) is 13.2 Å². The number of halogens is 3. The molecule has 1 rings (SSSR count). The van der Waals surface area contributed by atoms with Crippen LogP contribution in [-0.2, 0) is 9.47 Å². The zero-order valence-electron chi connectivity index (χ0n) is 11.1. The average Bonchev–Trinajstić information content (AvgIpc) is 2.26. The van der Waals surface area contributed by atoms with Crippen LogP contribution in [0, 0.1) is 11.8 Å². The summed E-state index contributed by atoms with van der Waals surface area (Å²) in [5.74, 6) is 0.647. The first-order chi connectivity index (χ1) is 8.42. The van der Waals surface area contributed by atoms with E-state index in [2.05, 4.69) is 13.8 Å². The molecular formula is C13H23F3O2. The monoisotopic (exact) mass is 268 g/mol. The van der Waals surface area contributed by atoms with E-state index in [0.717, 1.165) is 32.3 Å². The van der Waals surface area contributed by atoms with Crippen molar-refractivity contribution in [2.45, 2.75) is 51.8 Å². The van der Waals surface area contributed by atoms with Gasteiger partial charge in [-0.1, -0.05) is 13.8 Å². The van der Waals surface area contributed by atoms with Gasteiger partial charge < -0.3 is 9.47 Å². The third-order valence-electron chi connectivity index (χ3n) is 3.35. The van der Waals surface area contributed by atoms with Gasteiger partial charge in [-0.2, -0.15) is 13.2 Å². The molecule has 0 bridgehead atoms. The maximum Gasteiger partial charge on any atom is 0.411 e. The fourth-order valence-electron chi connectivity index (χ4n) is 2.49. The molecule has 1 aliphatic rings. The van der Waals surface area contributed by atoms with Crippen LogP contribution in [0.1, 0.15) is 39.5 Å². The van der Waals surface area contributed by atoms with Crippen LogP contribution in [0.3, 0.4) is 0 Å². The lowest BCUT2D eigenvalue weighted by atomic mass is 9.81. The van der Waals surface area contributed by atoms with E-state index in [1.54, 1.807) is 0 Å². The summed E-state index contributed by atoms with van der Waals surface area (Å²) in [6, 6.07) is 0. The lowest BCUT2D eigenvalue weighted by Crippen LogP contribution is -2.32. The average molecular weight is 268 g/mol. The second-order valence-electron chi connectivity index (χ2n) is 5.20. The van der Waals surface area contributed by atoms with Crippen LogP contribution in [0.4, 0.5) is 13.2 Å². The summed E-state index contributed by atoms with van der Waals surface area (Å²) in [6.07, 6.45) is -0.220.